The van der Waals surface area contributed by atoms with Crippen LogP contribution in [0.5, 0.6) is 5.75 Å². The summed E-state index contributed by atoms with van der Waals surface area (Å²) in [6.45, 7) is 4.07. The van der Waals surface area contributed by atoms with Crippen molar-refractivity contribution in [3.63, 3.8) is 0 Å². The first-order valence-electron chi connectivity index (χ1n) is 6.42. The molecule has 1 unspecified atom stereocenters. The first-order valence-corrected chi connectivity index (χ1v) is 7.62. The number of halogens is 1. The van der Waals surface area contributed by atoms with E-state index in [-0.39, 0.29) is 11.0 Å². The largest absolute Gasteiger partial charge is 0.478 e. The Hall–Kier alpha value is -1.14. The molecule has 0 heterocycles. The quantitative estimate of drug-likeness (QED) is 0.598. The van der Waals surface area contributed by atoms with Crippen LogP contribution in [-0.4, -0.2) is 23.7 Å². The number of hydrogen-bond acceptors (Lipinski definition) is 4. The number of carbonyl (C=O) groups excluding carboxylic acids is 1. The molecule has 0 aliphatic carbocycles. The van der Waals surface area contributed by atoms with Crippen molar-refractivity contribution in [2.24, 2.45) is 5.73 Å². The minimum Gasteiger partial charge on any atom is -0.478 e. The molecule has 1 rings (SSSR count). The lowest BCUT2D eigenvalue weighted by Crippen LogP contribution is -2.30. The number of nitrogens with two attached hydrogens (primary N) is 1. The molecule has 0 spiro atoms. The zero-order chi connectivity index (χ0) is 15.1. The van der Waals surface area contributed by atoms with Crippen LogP contribution >= 0.6 is 28.1 Å². The molecule has 6 heteroatoms. The summed E-state index contributed by atoms with van der Waals surface area (Å²) < 4.78 is 11.6. The summed E-state index contributed by atoms with van der Waals surface area (Å²) >= 11 is 8.36. The molecule has 0 aromatic heterocycles. The molecule has 0 radical (unpaired) electrons. The molecule has 0 aliphatic rings. The van der Waals surface area contributed by atoms with Crippen molar-refractivity contribution in [3.05, 3.63) is 28.2 Å². The van der Waals surface area contributed by atoms with Crippen LogP contribution in [0.2, 0.25) is 0 Å². The number of thiocarbonyl (C=S) groups is 1. The standard InChI is InChI=1S/C14H18BrNO3S/c1-3-5-12(14(17)18-4-2)19-11-7-6-9(15)8-10(11)13(16)20/h6-8,12H,3-5H2,1-2H3,(H2,16,20). The monoisotopic (exact) mass is 359 g/mol. The highest BCUT2D eigenvalue weighted by molar-refractivity contribution is 9.10. The second-order valence-electron chi connectivity index (χ2n) is 4.15. The van der Waals surface area contributed by atoms with E-state index < -0.39 is 6.10 Å². The van der Waals surface area contributed by atoms with Gasteiger partial charge in [0.15, 0.2) is 6.10 Å². The van der Waals surface area contributed by atoms with Crippen molar-refractivity contribution in [2.75, 3.05) is 6.61 Å². The zero-order valence-corrected chi connectivity index (χ0v) is 13.9. The molecule has 1 aromatic carbocycles. The lowest BCUT2D eigenvalue weighted by atomic mass is 10.1. The van der Waals surface area contributed by atoms with Crippen molar-refractivity contribution >= 4 is 39.1 Å². The van der Waals surface area contributed by atoms with Crippen molar-refractivity contribution in [3.8, 4) is 5.75 Å². The fourth-order valence-corrected chi connectivity index (χ4v) is 2.19. The summed E-state index contributed by atoms with van der Waals surface area (Å²) in [5.41, 5.74) is 6.28. The lowest BCUT2D eigenvalue weighted by molar-refractivity contribution is -0.151. The van der Waals surface area contributed by atoms with E-state index in [9.17, 15) is 4.79 Å². The molecular weight excluding hydrogens is 342 g/mol. The molecule has 2 N–H and O–H groups in total. The highest BCUT2D eigenvalue weighted by Gasteiger charge is 2.22. The molecule has 0 fully saturated rings. The Kier molecular flexibility index (Phi) is 6.95. The van der Waals surface area contributed by atoms with E-state index in [1.54, 1.807) is 19.1 Å². The third kappa shape index (κ3) is 4.76. The van der Waals surface area contributed by atoms with E-state index in [1.807, 2.05) is 13.0 Å². The fraction of sp³-hybridized carbons (Fsp3) is 0.429. The van der Waals surface area contributed by atoms with Gasteiger partial charge in [-0.1, -0.05) is 41.5 Å². The maximum absolute atomic E-state index is 11.9. The van der Waals surface area contributed by atoms with Gasteiger partial charge in [-0.25, -0.2) is 4.79 Å². The summed E-state index contributed by atoms with van der Waals surface area (Å²) in [5, 5.41) is 0. The average molecular weight is 360 g/mol. The third-order valence-corrected chi connectivity index (χ3v) is 3.29. The van der Waals surface area contributed by atoms with E-state index in [0.29, 0.717) is 24.3 Å². The maximum Gasteiger partial charge on any atom is 0.347 e. The summed E-state index contributed by atoms with van der Waals surface area (Å²) in [6, 6.07) is 5.32. The van der Waals surface area contributed by atoms with Gasteiger partial charge in [0.2, 0.25) is 0 Å². The number of hydrogen-bond donors (Lipinski definition) is 1. The molecule has 0 saturated carbocycles. The van der Waals surface area contributed by atoms with Gasteiger partial charge in [0.25, 0.3) is 0 Å². The number of rotatable bonds is 7. The molecule has 4 nitrogen and oxygen atoms in total. The lowest BCUT2D eigenvalue weighted by Gasteiger charge is -2.19. The molecule has 20 heavy (non-hydrogen) atoms. The Morgan fingerprint density at radius 2 is 2.15 bits per heavy atom. The van der Waals surface area contributed by atoms with Gasteiger partial charge in [0, 0.05) is 4.47 Å². The van der Waals surface area contributed by atoms with Crippen LogP contribution in [0.3, 0.4) is 0 Å². The van der Waals surface area contributed by atoms with Crippen molar-refractivity contribution in [2.45, 2.75) is 32.8 Å². The first-order chi connectivity index (χ1) is 9.49. The molecule has 0 bridgehead atoms. The van der Waals surface area contributed by atoms with Gasteiger partial charge in [-0.05, 0) is 31.5 Å². The van der Waals surface area contributed by atoms with Gasteiger partial charge < -0.3 is 15.2 Å². The summed E-state index contributed by atoms with van der Waals surface area (Å²) in [5.74, 6) is 0.123. The summed E-state index contributed by atoms with van der Waals surface area (Å²) in [4.78, 5) is 12.1. The third-order valence-electron chi connectivity index (χ3n) is 2.58. The molecular formula is C14H18BrNO3S. The zero-order valence-electron chi connectivity index (χ0n) is 11.5. The Balaban J connectivity index is 2.98. The van der Waals surface area contributed by atoms with Gasteiger partial charge in [-0.2, -0.15) is 0 Å². The minimum atomic E-state index is -0.644. The molecule has 1 atom stereocenters. The van der Waals surface area contributed by atoms with Crippen LogP contribution in [-0.2, 0) is 9.53 Å². The fourth-order valence-electron chi connectivity index (χ4n) is 1.67. The van der Waals surface area contributed by atoms with Gasteiger partial charge in [-0.15, -0.1) is 0 Å². The predicted molar refractivity (Wildman–Crippen MR) is 86.0 cm³/mol. The van der Waals surface area contributed by atoms with Crippen LogP contribution in [0, 0.1) is 0 Å². The predicted octanol–water partition coefficient (Wildman–Crippen LogP) is 3.19. The van der Waals surface area contributed by atoms with Gasteiger partial charge in [0.05, 0.1) is 12.2 Å². The van der Waals surface area contributed by atoms with Gasteiger partial charge in [-0.3, -0.25) is 0 Å². The molecule has 0 amide bonds. The smallest absolute Gasteiger partial charge is 0.347 e. The normalized spacial score (nSPS) is 11.8. The number of benzene rings is 1. The van der Waals surface area contributed by atoms with Crippen molar-refractivity contribution in [1.82, 2.24) is 0 Å². The molecule has 110 valence electrons. The van der Waals surface area contributed by atoms with E-state index in [1.165, 1.54) is 0 Å². The first kappa shape index (κ1) is 16.9. The maximum atomic E-state index is 11.9. The van der Waals surface area contributed by atoms with E-state index in [0.717, 1.165) is 10.9 Å². The number of esters is 1. The van der Waals surface area contributed by atoms with Crippen LogP contribution in [0.15, 0.2) is 22.7 Å². The Morgan fingerprint density at radius 1 is 1.45 bits per heavy atom. The number of ether oxygens (including phenoxy) is 2. The highest BCUT2D eigenvalue weighted by Crippen LogP contribution is 2.25. The molecule has 0 saturated heterocycles. The minimum absolute atomic E-state index is 0.223. The Bertz CT molecular complexity index is 493. The van der Waals surface area contributed by atoms with Gasteiger partial charge >= 0.3 is 5.97 Å². The van der Waals surface area contributed by atoms with Crippen LogP contribution in [0.1, 0.15) is 32.3 Å². The van der Waals surface area contributed by atoms with Crippen LogP contribution in [0.25, 0.3) is 0 Å². The molecule has 1 aromatic rings. The topological polar surface area (TPSA) is 61.5 Å². The van der Waals surface area contributed by atoms with Crippen molar-refractivity contribution in [1.29, 1.82) is 0 Å². The Morgan fingerprint density at radius 3 is 2.70 bits per heavy atom. The van der Waals surface area contributed by atoms with Gasteiger partial charge in [0.1, 0.15) is 10.7 Å². The number of carbonyl (C=O) groups is 1. The summed E-state index contributed by atoms with van der Waals surface area (Å²) in [6.07, 6.45) is 0.739. The van der Waals surface area contributed by atoms with Crippen LogP contribution < -0.4 is 10.5 Å². The SMILES string of the molecule is CCCC(Oc1ccc(Br)cc1C(N)=S)C(=O)OCC. The molecule has 0 aliphatic heterocycles. The highest BCUT2D eigenvalue weighted by atomic mass is 79.9. The Labute approximate surface area is 132 Å². The van der Waals surface area contributed by atoms with Crippen molar-refractivity contribution < 1.29 is 14.3 Å². The van der Waals surface area contributed by atoms with E-state index in [4.69, 9.17) is 27.4 Å². The van der Waals surface area contributed by atoms with Crippen LogP contribution in [0.4, 0.5) is 0 Å². The summed E-state index contributed by atoms with van der Waals surface area (Å²) in [7, 11) is 0. The van der Waals surface area contributed by atoms with E-state index >= 15 is 0 Å². The second kappa shape index (κ2) is 8.21. The average Bonchev–Trinajstić information content (AvgIpc) is 2.40. The van der Waals surface area contributed by atoms with E-state index in [2.05, 4.69) is 15.9 Å². The second-order valence-corrected chi connectivity index (χ2v) is 5.51.